The normalized spacial score (nSPS) is 11.6. The molecule has 0 aliphatic rings. The molecule has 17 heavy (non-hydrogen) atoms. The van der Waals surface area contributed by atoms with Gasteiger partial charge in [-0.05, 0) is 24.3 Å². The molecule has 0 aromatic heterocycles. The number of carbonyl (C=O) groups is 2. The largest absolute Gasteiger partial charge is 0.507 e. The summed E-state index contributed by atoms with van der Waals surface area (Å²) in [5, 5.41) is 26.5. The minimum atomic E-state index is -1.48. The number of hydrogen-bond donors (Lipinski definition) is 3. The molecule has 1 aromatic carbocycles. The van der Waals surface area contributed by atoms with Crippen LogP contribution in [0.3, 0.4) is 0 Å². The molecule has 0 amide bonds. The zero-order valence-corrected chi connectivity index (χ0v) is 8.70. The first kappa shape index (κ1) is 12.5. The summed E-state index contributed by atoms with van der Waals surface area (Å²) in [5.74, 6) is -3.00. The van der Waals surface area contributed by atoms with Gasteiger partial charge in [0.05, 0.1) is 5.56 Å². The van der Waals surface area contributed by atoms with Crippen molar-refractivity contribution in [2.45, 2.75) is 0 Å². The van der Waals surface area contributed by atoms with E-state index in [4.69, 9.17) is 10.2 Å². The summed E-state index contributed by atoms with van der Waals surface area (Å²) in [4.78, 5) is 21.7. The van der Waals surface area contributed by atoms with Crippen molar-refractivity contribution in [2.75, 3.05) is 0 Å². The summed E-state index contributed by atoms with van der Waals surface area (Å²) in [6.45, 7) is 0. The fourth-order valence-corrected chi connectivity index (χ4v) is 1.07. The summed E-state index contributed by atoms with van der Waals surface area (Å²) in [5.41, 5.74) is 0.104. The molecular formula is C12H10O5. The Morgan fingerprint density at radius 1 is 1.12 bits per heavy atom. The highest BCUT2D eigenvalue weighted by molar-refractivity contribution is 6.06. The second-order valence-electron chi connectivity index (χ2n) is 3.10. The van der Waals surface area contributed by atoms with Gasteiger partial charge in [0.15, 0.2) is 5.78 Å². The van der Waals surface area contributed by atoms with Crippen molar-refractivity contribution in [2.24, 2.45) is 0 Å². The highest BCUT2D eigenvalue weighted by Crippen LogP contribution is 2.16. The number of para-hydroxylation sites is 1. The zero-order chi connectivity index (χ0) is 12.8. The number of carboxylic acid groups (broad SMARTS) is 1. The molecule has 5 heteroatoms. The third-order valence-electron chi connectivity index (χ3n) is 1.89. The van der Waals surface area contributed by atoms with Crippen LogP contribution in [0.2, 0.25) is 0 Å². The Balaban J connectivity index is 2.81. The van der Waals surface area contributed by atoms with E-state index in [1.807, 2.05) is 0 Å². The van der Waals surface area contributed by atoms with Crippen LogP contribution >= 0.6 is 0 Å². The minimum Gasteiger partial charge on any atom is -0.507 e. The van der Waals surface area contributed by atoms with Gasteiger partial charge < -0.3 is 15.3 Å². The number of aliphatic hydroxyl groups excluding tert-OH is 1. The van der Waals surface area contributed by atoms with Crippen LogP contribution in [0.15, 0.2) is 48.3 Å². The van der Waals surface area contributed by atoms with Gasteiger partial charge in [0, 0.05) is 0 Å². The first-order valence-corrected chi connectivity index (χ1v) is 4.65. The van der Waals surface area contributed by atoms with Crippen LogP contribution in [0.5, 0.6) is 5.75 Å². The first-order valence-electron chi connectivity index (χ1n) is 4.65. The molecule has 88 valence electrons. The summed E-state index contributed by atoms with van der Waals surface area (Å²) < 4.78 is 0. The van der Waals surface area contributed by atoms with Crippen molar-refractivity contribution >= 4 is 11.8 Å². The molecular weight excluding hydrogens is 224 g/mol. The SMILES string of the molecule is O=C(O)C(O)=CC=CC(=O)c1ccccc1O. The number of allylic oxidation sites excluding steroid dienone is 3. The van der Waals surface area contributed by atoms with Crippen LogP contribution in [-0.2, 0) is 4.79 Å². The minimum absolute atomic E-state index is 0.104. The van der Waals surface area contributed by atoms with Crippen molar-refractivity contribution in [3.05, 3.63) is 53.8 Å². The molecule has 0 unspecified atom stereocenters. The summed E-state index contributed by atoms with van der Waals surface area (Å²) in [6.07, 6.45) is 3.02. The van der Waals surface area contributed by atoms with Gasteiger partial charge in [0.2, 0.25) is 5.76 Å². The predicted octanol–water partition coefficient (Wildman–Crippen LogP) is 1.66. The van der Waals surface area contributed by atoms with E-state index in [-0.39, 0.29) is 11.3 Å². The number of phenols is 1. The van der Waals surface area contributed by atoms with E-state index >= 15 is 0 Å². The number of aromatic hydroxyl groups is 1. The number of benzene rings is 1. The Bertz CT molecular complexity index is 499. The number of aliphatic carboxylic acids is 1. The summed E-state index contributed by atoms with van der Waals surface area (Å²) in [6, 6.07) is 5.96. The lowest BCUT2D eigenvalue weighted by molar-refractivity contribution is -0.135. The van der Waals surface area contributed by atoms with Crippen molar-refractivity contribution in [3.8, 4) is 5.75 Å². The molecule has 5 nitrogen and oxygen atoms in total. The maximum Gasteiger partial charge on any atom is 0.370 e. The number of carbonyl (C=O) groups excluding carboxylic acids is 1. The van der Waals surface area contributed by atoms with E-state index in [1.54, 1.807) is 12.1 Å². The summed E-state index contributed by atoms with van der Waals surface area (Å²) >= 11 is 0. The van der Waals surface area contributed by atoms with Gasteiger partial charge >= 0.3 is 5.97 Å². The van der Waals surface area contributed by atoms with E-state index in [2.05, 4.69) is 0 Å². The van der Waals surface area contributed by atoms with Crippen LogP contribution in [0.1, 0.15) is 10.4 Å². The van der Waals surface area contributed by atoms with Crippen LogP contribution < -0.4 is 0 Å². The number of aliphatic hydroxyl groups is 1. The smallest absolute Gasteiger partial charge is 0.370 e. The molecule has 0 aliphatic heterocycles. The molecule has 0 fully saturated rings. The number of carboxylic acids is 1. The van der Waals surface area contributed by atoms with Crippen molar-refractivity contribution < 1.29 is 24.9 Å². The Hall–Kier alpha value is -2.56. The molecule has 1 aromatic rings. The maximum absolute atomic E-state index is 11.5. The van der Waals surface area contributed by atoms with Crippen molar-refractivity contribution in [1.29, 1.82) is 0 Å². The van der Waals surface area contributed by atoms with Crippen LogP contribution in [0.4, 0.5) is 0 Å². The van der Waals surface area contributed by atoms with Gasteiger partial charge in [0.25, 0.3) is 0 Å². The van der Waals surface area contributed by atoms with Crippen molar-refractivity contribution in [1.82, 2.24) is 0 Å². The van der Waals surface area contributed by atoms with Gasteiger partial charge in [-0.25, -0.2) is 4.79 Å². The lowest BCUT2D eigenvalue weighted by Crippen LogP contribution is -1.98. The lowest BCUT2D eigenvalue weighted by Gasteiger charge is -1.98. The zero-order valence-electron chi connectivity index (χ0n) is 8.70. The molecule has 0 radical (unpaired) electrons. The molecule has 3 N–H and O–H groups in total. The molecule has 0 atom stereocenters. The third-order valence-corrected chi connectivity index (χ3v) is 1.89. The van der Waals surface area contributed by atoms with Gasteiger partial charge in [-0.15, -0.1) is 0 Å². The molecule has 0 spiro atoms. The van der Waals surface area contributed by atoms with Crippen molar-refractivity contribution in [3.63, 3.8) is 0 Å². The number of phenolic OH excluding ortho intramolecular Hbond substituents is 1. The van der Waals surface area contributed by atoms with Gasteiger partial charge in [-0.2, -0.15) is 0 Å². The molecule has 1 rings (SSSR count). The van der Waals surface area contributed by atoms with Gasteiger partial charge in [-0.1, -0.05) is 18.2 Å². The second-order valence-corrected chi connectivity index (χ2v) is 3.10. The Labute approximate surface area is 96.9 Å². The fraction of sp³-hybridized carbons (Fsp3) is 0. The standard InChI is InChI=1S/C12H10O5/c13-9-5-2-1-4-8(9)10(14)6-3-7-11(15)12(16)17/h1-7,13,15H,(H,16,17). The quantitative estimate of drug-likeness (QED) is 0.318. The van der Waals surface area contributed by atoms with E-state index in [0.717, 1.165) is 18.2 Å². The number of hydrogen-bond acceptors (Lipinski definition) is 4. The van der Waals surface area contributed by atoms with E-state index < -0.39 is 17.5 Å². The molecule has 0 bridgehead atoms. The van der Waals surface area contributed by atoms with Crippen LogP contribution in [0, 0.1) is 0 Å². The average molecular weight is 234 g/mol. The molecule has 0 aliphatic carbocycles. The summed E-state index contributed by atoms with van der Waals surface area (Å²) in [7, 11) is 0. The molecule has 0 heterocycles. The van der Waals surface area contributed by atoms with Gasteiger partial charge in [0.1, 0.15) is 5.75 Å². The Kier molecular flexibility index (Phi) is 4.05. The van der Waals surface area contributed by atoms with E-state index in [1.165, 1.54) is 12.1 Å². The van der Waals surface area contributed by atoms with E-state index in [9.17, 15) is 14.7 Å². The average Bonchev–Trinajstić information content (AvgIpc) is 2.29. The van der Waals surface area contributed by atoms with Crippen LogP contribution in [0.25, 0.3) is 0 Å². The Morgan fingerprint density at radius 2 is 1.76 bits per heavy atom. The van der Waals surface area contributed by atoms with Gasteiger partial charge in [-0.3, -0.25) is 4.79 Å². The molecule has 0 saturated heterocycles. The second kappa shape index (κ2) is 5.50. The third kappa shape index (κ3) is 3.49. The highest BCUT2D eigenvalue weighted by atomic mass is 16.4. The lowest BCUT2D eigenvalue weighted by atomic mass is 10.1. The maximum atomic E-state index is 11.5. The first-order chi connectivity index (χ1) is 8.02. The number of rotatable bonds is 4. The topological polar surface area (TPSA) is 94.8 Å². The fourth-order valence-electron chi connectivity index (χ4n) is 1.07. The predicted molar refractivity (Wildman–Crippen MR) is 59.9 cm³/mol. The molecule has 0 saturated carbocycles. The highest BCUT2D eigenvalue weighted by Gasteiger charge is 2.06. The Morgan fingerprint density at radius 3 is 2.35 bits per heavy atom. The van der Waals surface area contributed by atoms with E-state index in [0.29, 0.717) is 0 Å². The van der Waals surface area contributed by atoms with Crippen LogP contribution in [-0.4, -0.2) is 27.1 Å². The number of ketones is 1. The monoisotopic (exact) mass is 234 g/mol.